The van der Waals surface area contributed by atoms with Gasteiger partial charge in [-0.15, -0.1) is 0 Å². The van der Waals surface area contributed by atoms with Crippen molar-refractivity contribution in [1.82, 2.24) is 20.2 Å². The zero-order valence-electron chi connectivity index (χ0n) is 44.5. The summed E-state index contributed by atoms with van der Waals surface area (Å²) in [7, 11) is -1.02. The number of nitrogens with zero attached hydrogens (tertiary/aromatic N) is 5. The third kappa shape index (κ3) is 19.8. The largest absolute Gasteiger partial charge is 0.536 e. The summed E-state index contributed by atoms with van der Waals surface area (Å²) in [6, 6.07) is 6.19. The number of carbonyl (C=O) groups excluding carboxylic acids is 4. The quantitative estimate of drug-likeness (QED) is 0.0144. The van der Waals surface area contributed by atoms with Crippen LogP contribution in [-0.4, -0.2) is 190 Å². The molecule has 0 bridgehead atoms. The van der Waals surface area contributed by atoms with Gasteiger partial charge in [-0.2, -0.15) is 0 Å². The lowest BCUT2D eigenvalue weighted by Crippen LogP contribution is -2.47. The Balaban J connectivity index is 0.894. The maximum Gasteiger partial charge on any atom is 0.519 e. The predicted octanol–water partition coefficient (Wildman–Crippen LogP) is 2.62. The highest BCUT2D eigenvalue weighted by Crippen LogP contribution is 2.41. The summed E-state index contributed by atoms with van der Waals surface area (Å²) in [5.74, 6) is -1.69. The lowest BCUT2D eigenvalue weighted by molar-refractivity contribution is -0.172. The predicted molar refractivity (Wildman–Crippen MR) is 275 cm³/mol. The molecule has 2 unspecified atom stereocenters. The van der Waals surface area contributed by atoms with Crippen molar-refractivity contribution in [3.05, 3.63) is 67.3 Å². The van der Waals surface area contributed by atoms with E-state index in [4.69, 9.17) is 72.0 Å². The molecule has 1 aromatic carbocycles. The standard InChI is InChI=1S/C50H72BN7O19/c1-6-36-37-27-35(77-51(5)64)7-8-41(37)56-46-38(36)29-58-43(46)28-40-39(47(58)61)30-74-48(62)50(40,4)76-49(63)75-31-42(34(2)3)55-45(60)33-73-32-44(59)53-9-11-65-13-15-67-17-19-69-21-23-71-25-26-72-24-22-70-20-18-68-16-14-66-12-10-54-57-52/h7-8,27-28,34,42,64H,6,9-26,29-33H2,1-5H3,(H,53,59)(H,55,60). The Morgan fingerprint density at radius 3 is 1.96 bits per heavy atom. The van der Waals surface area contributed by atoms with Crippen molar-refractivity contribution >= 4 is 42.0 Å². The van der Waals surface area contributed by atoms with E-state index in [1.54, 1.807) is 42.7 Å². The van der Waals surface area contributed by atoms with Crippen molar-refractivity contribution in [2.75, 3.05) is 139 Å². The van der Waals surface area contributed by atoms with Crippen molar-refractivity contribution in [1.29, 1.82) is 0 Å². The Morgan fingerprint density at radius 1 is 0.831 bits per heavy atom. The molecule has 27 heteroatoms. The molecule has 0 saturated carbocycles. The number of hydrogen-bond donors (Lipinski definition) is 3. The summed E-state index contributed by atoms with van der Waals surface area (Å²) in [4.78, 5) is 73.3. The number of hydrogen-bond acceptors (Lipinski definition) is 21. The highest BCUT2D eigenvalue weighted by Gasteiger charge is 2.48. The van der Waals surface area contributed by atoms with E-state index in [2.05, 4.69) is 20.7 Å². The molecular formula is C50H72BN7O19. The highest BCUT2D eigenvalue weighted by atomic mass is 16.7. The van der Waals surface area contributed by atoms with Crippen LogP contribution in [0.2, 0.25) is 6.82 Å². The normalized spacial score (nSPS) is 14.8. The number of azide groups is 1. The number of nitrogens with one attached hydrogen (secondary N) is 2. The van der Waals surface area contributed by atoms with Crippen molar-refractivity contribution in [3.63, 3.8) is 0 Å². The average molecular weight is 1090 g/mol. The minimum Gasteiger partial charge on any atom is -0.536 e. The fraction of sp³-hybridized carbons (Fsp3) is 0.640. The number of fused-ring (bicyclic) bond motifs is 5. The summed E-state index contributed by atoms with van der Waals surface area (Å²) in [6.45, 7) is 14.0. The van der Waals surface area contributed by atoms with Crippen LogP contribution in [-0.2, 0) is 96.4 Å². The van der Waals surface area contributed by atoms with Crippen LogP contribution in [0.1, 0.15) is 49.9 Å². The smallest absolute Gasteiger partial charge is 0.519 e. The number of benzene rings is 1. The molecule has 0 saturated heterocycles. The van der Waals surface area contributed by atoms with Crippen molar-refractivity contribution in [2.45, 2.75) is 65.7 Å². The fourth-order valence-corrected chi connectivity index (χ4v) is 8.00. The van der Waals surface area contributed by atoms with Crippen LogP contribution in [0, 0.1) is 5.92 Å². The first-order valence-electron chi connectivity index (χ1n) is 25.6. The molecule has 4 heterocycles. The molecule has 3 aromatic rings. The van der Waals surface area contributed by atoms with Gasteiger partial charge in [0.2, 0.25) is 17.4 Å². The van der Waals surface area contributed by atoms with Crippen LogP contribution in [0.25, 0.3) is 32.7 Å². The van der Waals surface area contributed by atoms with Crippen LogP contribution in [0.15, 0.2) is 34.2 Å². The molecule has 0 aliphatic carbocycles. The van der Waals surface area contributed by atoms with E-state index < -0.39 is 54.9 Å². The number of pyridine rings is 2. The fourth-order valence-electron chi connectivity index (χ4n) is 8.00. The van der Waals surface area contributed by atoms with E-state index in [9.17, 15) is 29.0 Å². The maximum atomic E-state index is 14.1. The van der Waals surface area contributed by atoms with E-state index >= 15 is 0 Å². The number of ether oxygens (including phenoxy) is 12. The van der Waals surface area contributed by atoms with Crippen LogP contribution in [0.4, 0.5) is 4.79 Å². The zero-order chi connectivity index (χ0) is 55.4. The first kappa shape index (κ1) is 61.9. The third-order valence-electron chi connectivity index (χ3n) is 11.9. The van der Waals surface area contributed by atoms with Gasteiger partial charge in [-0.25, -0.2) is 14.6 Å². The number of amides is 2. The van der Waals surface area contributed by atoms with Crippen LogP contribution < -0.4 is 20.8 Å². The number of aromatic nitrogens is 2. The number of carbonyl (C=O) groups is 4. The Hall–Kier alpha value is -5.97. The van der Waals surface area contributed by atoms with Gasteiger partial charge in [-0.3, -0.25) is 14.4 Å². The third-order valence-corrected chi connectivity index (χ3v) is 11.9. The second-order valence-electron chi connectivity index (χ2n) is 17.9. The summed E-state index contributed by atoms with van der Waals surface area (Å²) >= 11 is 0. The molecule has 5 rings (SSSR count). The Kier molecular flexibility index (Phi) is 26.8. The van der Waals surface area contributed by atoms with Crippen LogP contribution >= 0.6 is 0 Å². The molecule has 77 heavy (non-hydrogen) atoms. The van der Waals surface area contributed by atoms with Crippen molar-refractivity contribution < 1.29 is 85.7 Å². The molecule has 3 N–H and O–H groups in total. The SMILES string of the molecule is CCc1c2c(nc3ccc(OB(C)O)cc13)-c1cc3c(c(=O)n1C2)COC(=O)C3(C)OC(=O)OCC(NC(=O)COCC(=O)NCCOCCOCCOCCOCCOCCOCCOCCOCCN=[N+]=[N-])C(C)C. The highest BCUT2D eigenvalue weighted by molar-refractivity contribution is 6.41. The minimum atomic E-state index is -2.07. The Labute approximate surface area is 446 Å². The van der Waals surface area contributed by atoms with Crippen LogP contribution in [0.5, 0.6) is 5.75 Å². The molecule has 0 radical (unpaired) electrons. The Bertz CT molecular complexity index is 2490. The number of cyclic esters (lactones) is 1. The molecule has 2 aliphatic heterocycles. The van der Waals surface area contributed by atoms with Gasteiger partial charge >= 0.3 is 19.2 Å². The topological polar surface area (TPSA) is 316 Å². The van der Waals surface area contributed by atoms with Gasteiger partial charge in [-0.1, -0.05) is 25.9 Å². The molecule has 0 spiro atoms. The molecule has 2 aliphatic rings. The molecule has 0 fully saturated rings. The van der Waals surface area contributed by atoms with E-state index in [1.165, 1.54) is 13.7 Å². The molecule has 26 nitrogen and oxygen atoms in total. The monoisotopic (exact) mass is 1090 g/mol. The van der Waals surface area contributed by atoms with E-state index in [1.807, 2.05) is 6.92 Å². The number of rotatable bonds is 39. The lowest BCUT2D eigenvalue weighted by atomic mass is 9.89. The molecule has 2 amide bonds. The average Bonchev–Trinajstić information content (AvgIpc) is 3.81. The van der Waals surface area contributed by atoms with E-state index in [-0.39, 0.29) is 56.6 Å². The van der Waals surface area contributed by atoms with Crippen molar-refractivity contribution in [2.24, 2.45) is 11.0 Å². The maximum absolute atomic E-state index is 14.1. The summed E-state index contributed by atoms with van der Waals surface area (Å²) in [5.41, 5.74) is 9.34. The van der Waals surface area contributed by atoms with Gasteiger partial charge < -0.3 is 81.7 Å². The lowest BCUT2D eigenvalue weighted by Gasteiger charge is -2.33. The van der Waals surface area contributed by atoms with Crippen molar-refractivity contribution in [3.8, 4) is 17.1 Å². The summed E-state index contributed by atoms with van der Waals surface area (Å²) in [6.07, 6.45) is -0.635. The first-order valence-corrected chi connectivity index (χ1v) is 25.6. The van der Waals surface area contributed by atoms with Gasteiger partial charge in [-0.05, 0) is 61.4 Å². The summed E-state index contributed by atoms with van der Waals surface area (Å²) < 4.78 is 72.2. The molecular weight excluding hydrogens is 1010 g/mol. The van der Waals surface area contributed by atoms with E-state index in [0.717, 1.165) is 16.5 Å². The second-order valence-corrected chi connectivity index (χ2v) is 17.9. The Morgan fingerprint density at radius 2 is 1.40 bits per heavy atom. The van der Waals surface area contributed by atoms with E-state index in [0.29, 0.717) is 135 Å². The molecule has 2 aromatic heterocycles. The zero-order valence-corrected chi connectivity index (χ0v) is 44.5. The van der Waals surface area contributed by atoms with Gasteiger partial charge in [0.15, 0.2) is 0 Å². The minimum absolute atomic E-state index is 0.139. The van der Waals surface area contributed by atoms with Crippen LogP contribution in [0.3, 0.4) is 0 Å². The van der Waals surface area contributed by atoms with Gasteiger partial charge in [0, 0.05) is 34.5 Å². The molecule has 424 valence electrons. The van der Waals surface area contributed by atoms with Gasteiger partial charge in [0.05, 0.1) is 141 Å². The van der Waals surface area contributed by atoms with Gasteiger partial charge in [0.1, 0.15) is 32.2 Å². The second kappa shape index (κ2) is 33.4. The summed E-state index contributed by atoms with van der Waals surface area (Å²) in [5, 5.41) is 19.3. The van der Waals surface area contributed by atoms with Gasteiger partial charge in [0.25, 0.3) is 5.56 Å². The molecule has 2 atom stereocenters. The number of esters is 1. The first-order chi connectivity index (χ1) is 37.3. The number of aryl methyl sites for hydroxylation is 1.